The van der Waals surface area contributed by atoms with E-state index in [1.54, 1.807) is 28.7 Å². The number of nitrogens with zero attached hydrogens (tertiary/aromatic N) is 3. The average Bonchev–Trinajstić information content (AvgIpc) is 2.69. The molecule has 1 aromatic heterocycles. The second-order valence-corrected chi connectivity index (χ2v) is 4.58. The molecule has 0 spiro atoms. The van der Waals surface area contributed by atoms with Crippen LogP contribution in [0.1, 0.15) is 5.56 Å². The van der Waals surface area contributed by atoms with Gasteiger partial charge in [0.25, 0.3) is 5.88 Å². The van der Waals surface area contributed by atoms with Gasteiger partial charge in [-0.1, -0.05) is 0 Å². The Bertz CT molecular complexity index is 651. The summed E-state index contributed by atoms with van der Waals surface area (Å²) in [7, 11) is 0. The summed E-state index contributed by atoms with van der Waals surface area (Å²) in [4.78, 5) is 0. The first-order valence-electron chi connectivity index (χ1n) is 4.90. The summed E-state index contributed by atoms with van der Waals surface area (Å²) in [6.07, 6.45) is 1.40. The van der Waals surface area contributed by atoms with Gasteiger partial charge in [0.15, 0.2) is 0 Å². The van der Waals surface area contributed by atoms with Crippen molar-refractivity contribution in [3.05, 3.63) is 39.3 Å². The molecule has 0 amide bonds. The van der Waals surface area contributed by atoms with E-state index in [2.05, 4.69) is 9.84 Å². The molecule has 0 fully saturated rings. The zero-order chi connectivity index (χ0) is 14.0. The van der Waals surface area contributed by atoms with Crippen molar-refractivity contribution < 1.29 is 17.9 Å². The van der Waals surface area contributed by atoms with Crippen molar-refractivity contribution in [2.75, 3.05) is 0 Å². The molecule has 0 N–H and O–H groups in total. The normalized spacial score (nSPS) is 10.5. The predicted octanol–water partition coefficient (Wildman–Crippen LogP) is 3.09. The summed E-state index contributed by atoms with van der Waals surface area (Å²) in [5.74, 6) is -0.866. The van der Waals surface area contributed by atoms with Gasteiger partial charge < -0.3 is 4.74 Å². The predicted molar refractivity (Wildman–Crippen MR) is 67.6 cm³/mol. The largest absolute Gasteiger partial charge is 0.414 e. The second kappa shape index (κ2) is 5.48. The summed E-state index contributed by atoms with van der Waals surface area (Å²) in [5.41, 5.74) is 0.357. The molecule has 0 aliphatic rings. The molecule has 0 bridgehead atoms. The topological polar surface area (TPSA) is 50.8 Å². The lowest BCUT2D eigenvalue weighted by atomic mass is 10.2. The van der Waals surface area contributed by atoms with Crippen molar-refractivity contribution in [1.29, 1.82) is 5.26 Å². The Balaban J connectivity index is 2.42. The minimum absolute atomic E-state index is 0.108. The smallest absolute Gasteiger partial charge is 0.388 e. The van der Waals surface area contributed by atoms with Crippen LogP contribution in [0.3, 0.4) is 0 Å². The van der Waals surface area contributed by atoms with Crippen molar-refractivity contribution in [3.63, 3.8) is 0 Å². The number of benzene rings is 1. The maximum absolute atomic E-state index is 13.3. The van der Waals surface area contributed by atoms with E-state index in [1.165, 1.54) is 16.9 Å². The molecule has 2 rings (SSSR count). The average molecular weight is 379 g/mol. The Labute approximate surface area is 119 Å². The Hall–Kier alpha value is -1.76. The van der Waals surface area contributed by atoms with E-state index in [0.717, 1.165) is 12.1 Å². The van der Waals surface area contributed by atoms with Crippen LogP contribution in [0.25, 0.3) is 5.69 Å². The maximum atomic E-state index is 13.3. The van der Waals surface area contributed by atoms with E-state index in [1.807, 2.05) is 0 Å². The van der Waals surface area contributed by atoms with Gasteiger partial charge in [-0.15, -0.1) is 5.10 Å². The van der Waals surface area contributed by atoms with Gasteiger partial charge in [0.1, 0.15) is 5.82 Å². The molecule has 0 unspecified atom stereocenters. The first-order chi connectivity index (χ1) is 8.99. The molecule has 1 heterocycles. The molecular formula is C11H5F3IN3O. The number of nitriles is 1. The Morgan fingerprint density at radius 3 is 2.74 bits per heavy atom. The molecular weight excluding hydrogens is 374 g/mol. The van der Waals surface area contributed by atoms with Gasteiger partial charge in [0, 0.05) is 6.20 Å². The number of rotatable bonds is 3. The number of alkyl halides is 2. The highest BCUT2D eigenvalue weighted by Gasteiger charge is 2.14. The number of halogens is 4. The summed E-state index contributed by atoms with van der Waals surface area (Å²) in [6.45, 7) is -2.99. The summed E-state index contributed by atoms with van der Waals surface area (Å²) < 4.78 is 43.2. The van der Waals surface area contributed by atoms with E-state index in [9.17, 15) is 13.2 Å². The summed E-state index contributed by atoms with van der Waals surface area (Å²) >= 11 is 1.77. The fourth-order valence-corrected chi connectivity index (χ4v) is 1.90. The van der Waals surface area contributed by atoms with Gasteiger partial charge in [-0.05, 0) is 40.8 Å². The zero-order valence-corrected chi connectivity index (χ0v) is 11.3. The van der Waals surface area contributed by atoms with Crippen LogP contribution in [0.15, 0.2) is 24.4 Å². The monoisotopic (exact) mass is 379 g/mol. The van der Waals surface area contributed by atoms with E-state index in [4.69, 9.17) is 5.26 Å². The fourth-order valence-electron chi connectivity index (χ4n) is 1.40. The Morgan fingerprint density at radius 2 is 2.11 bits per heavy atom. The molecule has 0 atom stereocenters. The van der Waals surface area contributed by atoms with Gasteiger partial charge in [-0.25, -0.2) is 9.07 Å². The van der Waals surface area contributed by atoms with Crippen LogP contribution in [0.5, 0.6) is 5.88 Å². The van der Waals surface area contributed by atoms with Crippen LogP contribution in [0, 0.1) is 20.7 Å². The minimum Gasteiger partial charge on any atom is -0.414 e. The van der Waals surface area contributed by atoms with Crippen molar-refractivity contribution in [2.45, 2.75) is 6.61 Å². The van der Waals surface area contributed by atoms with Crippen LogP contribution in [0.4, 0.5) is 13.2 Å². The maximum Gasteiger partial charge on any atom is 0.388 e. The fraction of sp³-hybridized carbons (Fsp3) is 0.0909. The second-order valence-electron chi connectivity index (χ2n) is 3.42. The molecule has 0 saturated carbocycles. The SMILES string of the molecule is N#Cc1cc(F)cc(-n2cc(I)c(OC(F)F)n2)c1. The zero-order valence-electron chi connectivity index (χ0n) is 9.15. The van der Waals surface area contributed by atoms with E-state index < -0.39 is 12.4 Å². The molecule has 19 heavy (non-hydrogen) atoms. The highest BCUT2D eigenvalue weighted by Crippen LogP contribution is 2.23. The first-order valence-corrected chi connectivity index (χ1v) is 5.98. The Kier molecular flexibility index (Phi) is 3.94. The molecule has 2 aromatic rings. The van der Waals surface area contributed by atoms with Crippen molar-refractivity contribution in [1.82, 2.24) is 9.78 Å². The Morgan fingerprint density at radius 1 is 1.37 bits per heavy atom. The lowest BCUT2D eigenvalue weighted by molar-refractivity contribution is -0.0536. The highest BCUT2D eigenvalue weighted by atomic mass is 127. The van der Waals surface area contributed by atoms with Crippen LogP contribution < -0.4 is 4.74 Å². The third kappa shape index (κ3) is 3.17. The highest BCUT2D eigenvalue weighted by molar-refractivity contribution is 14.1. The van der Waals surface area contributed by atoms with Crippen LogP contribution in [-0.2, 0) is 0 Å². The van der Waals surface area contributed by atoms with E-state index >= 15 is 0 Å². The molecule has 8 heteroatoms. The number of ether oxygens (including phenoxy) is 1. The lowest BCUT2D eigenvalue weighted by Crippen LogP contribution is -2.04. The quantitative estimate of drug-likeness (QED) is 0.771. The van der Waals surface area contributed by atoms with Gasteiger partial charge in [0.05, 0.1) is 20.9 Å². The molecule has 0 radical (unpaired) electrons. The minimum atomic E-state index is -2.99. The van der Waals surface area contributed by atoms with Crippen LogP contribution in [0.2, 0.25) is 0 Å². The summed E-state index contributed by atoms with van der Waals surface area (Å²) in [5, 5.41) is 12.5. The lowest BCUT2D eigenvalue weighted by Gasteiger charge is -2.02. The molecule has 0 aliphatic carbocycles. The van der Waals surface area contributed by atoms with Crippen molar-refractivity contribution >= 4 is 22.6 Å². The van der Waals surface area contributed by atoms with Gasteiger partial charge >= 0.3 is 6.61 Å². The van der Waals surface area contributed by atoms with Gasteiger partial charge in [-0.2, -0.15) is 14.0 Å². The van der Waals surface area contributed by atoms with Crippen molar-refractivity contribution in [3.8, 4) is 17.6 Å². The number of hydrogen-bond donors (Lipinski definition) is 0. The third-order valence-corrected chi connectivity index (χ3v) is 2.86. The number of aromatic nitrogens is 2. The summed E-state index contributed by atoms with van der Waals surface area (Å²) in [6, 6.07) is 5.38. The molecule has 1 aromatic carbocycles. The molecule has 98 valence electrons. The first kappa shape index (κ1) is 13.7. The van der Waals surface area contributed by atoms with Gasteiger partial charge in [0.2, 0.25) is 0 Å². The molecule has 0 saturated heterocycles. The van der Waals surface area contributed by atoms with Crippen LogP contribution >= 0.6 is 22.6 Å². The third-order valence-electron chi connectivity index (χ3n) is 2.12. The van der Waals surface area contributed by atoms with E-state index in [-0.39, 0.29) is 17.1 Å². The number of hydrogen-bond acceptors (Lipinski definition) is 3. The van der Waals surface area contributed by atoms with Crippen LogP contribution in [-0.4, -0.2) is 16.4 Å². The van der Waals surface area contributed by atoms with E-state index in [0.29, 0.717) is 3.57 Å². The van der Waals surface area contributed by atoms with Crippen molar-refractivity contribution in [2.24, 2.45) is 0 Å². The molecule has 4 nitrogen and oxygen atoms in total. The standard InChI is InChI=1S/C11H5F3IN3O/c12-7-1-6(4-16)2-8(3-7)18-5-9(15)10(17-18)19-11(13)14/h1-3,5,11H. The molecule has 0 aliphatic heterocycles. The van der Waals surface area contributed by atoms with Gasteiger partial charge in [-0.3, -0.25) is 0 Å².